The third-order valence-electron chi connectivity index (χ3n) is 3.24. The maximum absolute atomic E-state index is 11.8. The summed E-state index contributed by atoms with van der Waals surface area (Å²) < 4.78 is 5.28. The van der Waals surface area contributed by atoms with Gasteiger partial charge < -0.3 is 15.4 Å². The highest BCUT2D eigenvalue weighted by molar-refractivity contribution is 5.67. The van der Waals surface area contributed by atoms with Crippen LogP contribution < -0.4 is 10.6 Å². The van der Waals surface area contributed by atoms with E-state index in [0.29, 0.717) is 6.54 Å². The number of alkyl carbamates (subject to hydrolysis) is 1. The molecule has 0 saturated carbocycles. The lowest BCUT2D eigenvalue weighted by Crippen LogP contribution is -2.42. The zero-order valence-corrected chi connectivity index (χ0v) is 14.3. The lowest BCUT2D eigenvalue weighted by Gasteiger charge is -2.22. The van der Waals surface area contributed by atoms with Crippen molar-refractivity contribution in [1.29, 1.82) is 0 Å². The van der Waals surface area contributed by atoms with E-state index in [0.717, 1.165) is 25.8 Å². The first-order valence-electron chi connectivity index (χ1n) is 8.15. The normalized spacial score (nSPS) is 12.7. The number of carbonyl (C=O) groups is 1. The van der Waals surface area contributed by atoms with Crippen molar-refractivity contribution in [3.05, 3.63) is 35.9 Å². The van der Waals surface area contributed by atoms with Gasteiger partial charge in [0.25, 0.3) is 0 Å². The zero-order chi connectivity index (χ0) is 16.4. The van der Waals surface area contributed by atoms with Crippen LogP contribution in [0.3, 0.4) is 0 Å². The highest BCUT2D eigenvalue weighted by Gasteiger charge is 2.17. The van der Waals surface area contributed by atoms with Crippen LogP contribution in [0.15, 0.2) is 30.3 Å². The first kappa shape index (κ1) is 18.5. The smallest absolute Gasteiger partial charge is 0.407 e. The molecule has 0 aliphatic heterocycles. The Labute approximate surface area is 134 Å². The number of unbranched alkanes of at least 4 members (excludes halogenated alkanes) is 1. The van der Waals surface area contributed by atoms with E-state index in [-0.39, 0.29) is 12.1 Å². The van der Waals surface area contributed by atoms with Crippen molar-refractivity contribution in [2.45, 2.75) is 65.1 Å². The van der Waals surface area contributed by atoms with E-state index >= 15 is 0 Å². The fourth-order valence-electron chi connectivity index (χ4n) is 2.11. The Hall–Kier alpha value is -1.55. The highest BCUT2D eigenvalue weighted by atomic mass is 16.6. The number of nitrogens with one attached hydrogen (secondary N) is 2. The molecular formula is C18H30N2O2. The average Bonchev–Trinajstić information content (AvgIpc) is 2.45. The third kappa shape index (κ3) is 8.67. The Bertz CT molecular complexity index is 426. The maximum Gasteiger partial charge on any atom is 0.407 e. The highest BCUT2D eigenvalue weighted by Crippen LogP contribution is 2.07. The summed E-state index contributed by atoms with van der Waals surface area (Å²) in [5.74, 6) is 0. The molecule has 1 aromatic rings. The second-order valence-corrected chi connectivity index (χ2v) is 6.59. The van der Waals surface area contributed by atoms with Crippen LogP contribution in [0.1, 0.15) is 52.5 Å². The summed E-state index contributed by atoms with van der Waals surface area (Å²) >= 11 is 0. The van der Waals surface area contributed by atoms with E-state index in [1.807, 2.05) is 39.0 Å². The van der Waals surface area contributed by atoms with Gasteiger partial charge in [-0.15, -0.1) is 0 Å². The quantitative estimate of drug-likeness (QED) is 0.767. The summed E-state index contributed by atoms with van der Waals surface area (Å²) in [4.78, 5) is 11.8. The van der Waals surface area contributed by atoms with E-state index < -0.39 is 5.60 Å². The summed E-state index contributed by atoms with van der Waals surface area (Å²) in [6.07, 6.45) is 2.98. The number of ether oxygens (including phenoxy) is 1. The molecule has 0 radical (unpaired) electrons. The minimum Gasteiger partial charge on any atom is -0.444 e. The summed E-state index contributed by atoms with van der Waals surface area (Å²) in [7, 11) is 0. The number of amides is 1. The molecule has 0 heterocycles. The van der Waals surface area contributed by atoms with Gasteiger partial charge in [0.15, 0.2) is 0 Å². The molecule has 22 heavy (non-hydrogen) atoms. The van der Waals surface area contributed by atoms with Crippen LogP contribution in [0.2, 0.25) is 0 Å². The van der Waals surface area contributed by atoms with E-state index in [4.69, 9.17) is 4.74 Å². The zero-order valence-electron chi connectivity index (χ0n) is 14.3. The topological polar surface area (TPSA) is 50.4 Å². The second kappa shape index (κ2) is 9.46. The van der Waals surface area contributed by atoms with Crippen LogP contribution in [0.5, 0.6) is 0 Å². The molecule has 0 aliphatic carbocycles. The Balaban J connectivity index is 2.41. The Kier molecular flexibility index (Phi) is 7.96. The molecule has 0 spiro atoms. The fraction of sp³-hybridized carbons (Fsp3) is 0.611. The van der Waals surface area contributed by atoms with Gasteiger partial charge in [-0.05, 0) is 32.8 Å². The number of carbonyl (C=O) groups excluding carboxylic acids is 1. The first-order valence-corrected chi connectivity index (χ1v) is 8.15. The number of benzene rings is 1. The van der Waals surface area contributed by atoms with E-state index in [2.05, 4.69) is 29.7 Å². The molecular weight excluding hydrogens is 276 g/mol. The molecule has 4 heteroatoms. The predicted octanol–water partition coefficient (Wildman–Crippen LogP) is 3.86. The Morgan fingerprint density at radius 3 is 2.50 bits per heavy atom. The van der Waals surface area contributed by atoms with E-state index in [1.165, 1.54) is 5.56 Å². The average molecular weight is 306 g/mol. The maximum atomic E-state index is 11.8. The lowest BCUT2D eigenvalue weighted by molar-refractivity contribution is 0.0521. The SMILES string of the molecule is CCCCC(CNC(=O)OC(C)(C)C)NCc1ccccc1. The Morgan fingerprint density at radius 2 is 1.91 bits per heavy atom. The van der Waals surface area contributed by atoms with Gasteiger partial charge in [0.05, 0.1) is 0 Å². The van der Waals surface area contributed by atoms with E-state index in [1.54, 1.807) is 0 Å². The molecule has 0 aromatic heterocycles. The largest absolute Gasteiger partial charge is 0.444 e. The molecule has 1 amide bonds. The number of rotatable bonds is 8. The van der Waals surface area contributed by atoms with Crippen LogP contribution in [0, 0.1) is 0 Å². The minimum absolute atomic E-state index is 0.257. The van der Waals surface area contributed by atoms with Gasteiger partial charge in [-0.25, -0.2) is 4.79 Å². The van der Waals surface area contributed by atoms with Crippen molar-refractivity contribution in [2.75, 3.05) is 6.54 Å². The van der Waals surface area contributed by atoms with Gasteiger partial charge in [0.2, 0.25) is 0 Å². The molecule has 124 valence electrons. The first-order chi connectivity index (χ1) is 10.4. The van der Waals surface area contributed by atoms with Crippen molar-refractivity contribution in [3.8, 4) is 0 Å². The molecule has 0 fully saturated rings. The van der Waals surface area contributed by atoms with Crippen molar-refractivity contribution in [1.82, 2.24) is 10.6 Å². The van der Waals surface area contributed by atoms with Crippen molar-refractivity contribution in [2.24, 2.45) is 0 Å². The van der Waals surface area contributed by atoms with Gasteiger partial charge in [0.1, 0.15) is 5.60 Å². The molecule has 0 bridgehead atoms. The number of hydrogen-bond acceptors (Lipinski definition) is 3. The predicted molar refractivity (Wildman–Crippen MR) is 90.8 cm³/mol. The molecule has 2 N–H and O–H groups in total. The third-order valence-corrected chi connectivity index (χ3v) is 3.24. The van der Waals surface area contributed by atoms with Crippen LogP contribution in [0.25, 0.3) is 0 Å². The van der Waals surface area contributed by atoms with Gasteiger partial charge in [-0.1, -0.05) is 50.1 Å². The minimum atomic E-state index is -0.458. The van der Waals surface area contributed by atoms with Crippen molar-refractivity contribution in [3.63, 3.8) is 0 Å². The molecule has 0 aliphatic rings. The molecule has 4 nitrogen and oxygen atoms in total. The summed E-state index contributed by atoms with van der Waals surface area (Å²) in [6, 6.07) is 10.6. The van der Waals surface area contributed by atoms with E-state index in [9.17, 15) is 4.79 Å². The van der Waals surface area contributed by atoms with Crippen LogP contribution in [-0.2, 0) is 11.3 Å². The van der Waals surface area contributed by atoms with Gasteiger partial charge >= 0.3 is 6.09 Å². The summed E-state index contributed by atoms with van der Waals surface area (Å²) in [5.41, 5.74) is 0.793. The van der Waals surface area contributed by atoms with Gasteiger partial charge in [0, 0.05) is 19.1 Å². The second-order valence-electron chi connectivity index (χ2n) is 6.59. The molecule has 1 rings (SSSR count). The van der Waals surface area contributed by atoms with Crippen LogP contribution in [0.4, 0.5) is 4.79 Å². The molecule has 1 unspecified atom stereocenters. The van der Waals surface area contributed by atoms with Crippen molar-refractivity contribution >= 4 is 6.09 Å². The molecule has 0 saturated heterocycles. The standard InChI is InChI=1S/C18H30N2O2/c1-5-6-12-16(14-20-17(21)22-18(2,3)4)19-13-15-10-8-7-9-11-15/h7-11,16,19H,5-6,12-14H2,1-4H3,(H,20,21). The molecule has 1 aromatic carbocycles. The Morgan fingerprint density at radius 1 is 1.23 bits per heavy atom. The van der Waals surface area contributed by atoms with Crippen LogP contribution >= 0.6 is 0 Å². The van der Waals surface area contributed by atoms with Gasteiger partial charge in [-0.2, -0.15) is 0 Å². The number of hydrogen-bond donors (Lipinski definition) is 2. The van der Waals surface area contributed by atoms with Crippen LogP contribution in [-0.4, -0.2) is 24.3 Å². The monoisotopic (exact) mass is 306 g/mol. The molecule has 1 atom stereocenters. The summed E-state index contributed by atoms with van der Waals surface area (Å²) in [6.45, 7) is 9.18. The summed E-state index contributed by atoms with van der Waals surface area (Å²) in [5, 5.41) is 6.38. The van der Waals surface area contributed by atoms with Gasteiger partial charge in [-0.3, -0.25) is 0 Å². The fourth-order valence-corrected chi connectivity index (χ4v) is 2.11. The lowest BCUT2D eigenvalue weighted by atomic mass is 10.1. The van der Waals surface area contributed by atoms with Crippen molar-refractivity contribution < 1.29 is 9.53 Å².